The van der Waals surface area contributed by atoms with E-state index >= 15 is 0 Å². The molecule has 0 unspecified atom stereocenters. The highest BCUT2D eigenvalue weighted by atomic mass is 19.3. The number of alkyl halides is 3. The molecule has 0 amide bonds. The smallest absolute Gasteiger partial charge is 0.283 e. The molecule has 1 aliphatic heterocycles. The van der Waals surface area contributed by atoms with E-state index in [1.165, 1.54) is 37.4 Å². The molecule has 1 aromatic heterocycles. The number of nitrogens with zero attached hydrogens (tertiary/aromatic N) is 2. The van der Waals surface area contributed by atoms with E-state index in [0.717, 1.165) is 6.07 Å². The number of amidine groups is 1. The van der Waals surface area contributed by atoms with E-state index in [4.69, 9.17) is 15.2 Å². The van der Waals surface area contributed by atoms with Crippen LogP contribution in [0.3, 0.4) is 0 Å². The summed E-state index contributed by atoms with van der Waals surface area (Å²) in [6.07, 6.45) is -3.23. The van der Waals surface area contributed by atoms with Gasteiger partial charge in [0.1, 0.15) is 36.0 Å². The predicted molar refractivity (Wildman–Crippen MR) is 100.0 cm³/mol. The number of halogens is 4. The third-order valence-corrected chi connectivity index (χ3v) is 4.67. The lowest BCUT2D eigenvalue weighted by Crippen LogP contribution is -2.43. The Bertz CT molecular complexity index is 953. The van der Waals surface area contributed by atoms with Crippen LogP contribution in [0.25, 0.3) is 0 Å². The number of hydrogen-bond acceptors (Lipinski definition) is 6. The van der Waals surface area contributed by atoms with Gasteiger partial charge in [0.05, 0.1) is 6.20 Å². The fourth-order valence-corrected chi connectivity index (χ4v) is 3.02. The third-order valence-electron chi connectivity index (χ3n) is 4.67. The molecule has 2 aromatic rings. The fourth-order valence-electron chi connectivity index (χ4n) is 3.02. The SMILES string of the molecule is C[C@]1(c2cc(CC(=O)c3ccc(OCC(F)F)cn3)ccc2F)N=C(N)OC[C@@H]1F. The predicted octanol–water partition coefficient (Wildman–Crippen LogP) is 3.19. The summed E-state index contributed by atoms with van der Waals surface area (Å²) in [7, 11) is 0. The maximum atomic E-state index is 14.5. The Balaban J connectivity index is 1.78. The van der Waals surface area contributed by atoms with Crippen LogP contribution in [0, 0.1) is 5.82 Å². The van der Waals surface area contributed by atoms with Crippen LogP contribution in [0.2, 0.25) is 0 Å². The van der Waals surface area contributed by atoms with E-state index < -0.39 is 36.3 Å². The van der Waals surface area contributed by atoms with Gasteiger partial charge >= 0.3 is 0 Å². The Hall–Kier alpha value is -3.17. The van der Waals surface area contributed by atoms with Crippen molar-refractivity contribution in [1.82, 2.24) is 4.98 Å². The summed E-state index contributed by atoms with van der Waals surface area (Å²) in [5.74, 6) is -0.980. The number of ether oxygens (including phenoxy) is 2. The standard InChI is InChI=1S/C20H19F4N3O3/c1-20(17(22)9-30-19(25)27-20)13-6-11(2-4-14(13)21)7-16(28)15-5-3-12(8-26-15)29-10-18(23)24/h2-6,8,17-18H,7,9-10H2,1H3,(H2,25,27)/t17-,20+/m0/s1. The molecular formula is C20H19F4N3O3. The van der Waals surface area contributed by atoms with Crippen LogP contribution in [0.5, 0.6) is 5.75 Å². The highest BCUT2D eigenvalue weighted by Crippen LogP contribution is 2.36. The van der Waals surface area contributed by atoms with Crippen LogP contribution < -0.4 is 10.5 Å². The first-order chi connectivity index (χ1) is 14.2. The first-order valence-corrected chi connectivity index (χ1v) is 9.00. The lowest BCUT2D eigenvalue weighted by molar-refractivity contribution is 0.0816. The first kappa shape index (κ1) is 21.5. The minimum Gasteiger partial charge on any atom is -0.486 e. The minimum atomic E-state index is -2.62. The van der Waals surface area contributed by atoms with E-state index in [2.05, 4.69) is 9.98 Å². The summed E-state index contributed by atoms with van der Waals surface area (Å²) in [6, 6.07) is 6.35. The van der Waals surface area contributed by atoms with E-state index in [0.29, 0.717) is 5.56 Å². The number of nitrogens with two attached hydrogens (primary N) is 1. The van der Waals surface area contributed by atoms with E-state index in [1.54, 1.807) is 0 Å². The van der Waals surface area contributed by atoms with Crippen LogP contribution in [0.1, 0.15) is 28.5 Å². The Labute approximate surface area is 169 Å². The van der Waals surface area contributed by atoms with Crippen molar-refractivity contribution in [1.29, 1.82) is 0 Å². The molecule has 160 valence electrons. The van der Waals surface area contributed by atoms with E-state index in [9.17, 15) is 22.4 Å². The molecule has 0 bridgehead atoms. The van der Waals surface area contributed by atoms with Gasteiger partial charge in [0.15, 0.2) is 12.0 Å². The molecule has 0 aliphatic carbocycles. The molecule has 30 heavy (non-hydrogen) atoms. The quantitative estimate of drug-likeness (QED) is 0.544. The molecule has 0 saturated carbocycles. The lowest BCUT2D eigenvalue weighted by atomic mass is 9.85. The summed E-state index contributed by atoms with van der Waals surface area (Å²) in [4.78, 5) is 20.3. The van der Waals surface area contributed by atoms with Crippen molar-refractivity contribution in [2.24, 2.45) is 10.7 Å². The van der Waals surface area contributed by atoms with E-state index in [1.807, 2.05) is 0 Å². The summed E-state index contributed by atoms with van der Waals surface area (Å²) >= 11 is 0. The van der Waals surface area contributed by atoms with Gasteiger partial charge in [-0.3, -0.25) is 4.79 Å². The highest BCUT2D eigenvalue weighted by Gasteiger charge is 2.42. The van der Waals surface area contributed by atoms with Crippen molar-refractivity contribution in [3.63, 3.8) is 0 Å². The van der Waals surface area contributed by atoms with Crippen molar-refractivity contribution in [2.45, 2.75) is 31.5 Å². The average Bonchev–Trinajstić information content (AvgIpc) is 2.71. The molecule has 6 nitrogen and oxygen atoms in total. The topological polar surface area (TPSA) is 86.8 Å². The Morgan fingerprint density at radius 1 is 1.37 bits per heavy atom. The molecule has 2 atom stereocenters. The van der Waals surface area contributed by atoms with Gasteiger partial charge < -0.3 is 15.2 Å². The molecule has 0 fully saturated rings. The number of benzene rings is 1. The molecule has 0 radical (unpaired) electrons. The van der Waals surface area contributed by atoms with Crippen molar-refractivity contribution < 1.29 is 31.8 Å². The van der Waals surface area contributed by atoms with Gasteiger partial charge in [-0.15, -0.1) is 0 Å². The van der Waals surface area contributed by atoms with Crippen LogP contribution in [0.15, 0.2) is 41.5 Å². The number of aromatic nitrogens is 1. The zero-order chi connectivity index (χ0) is 21.9. The molecule has 1 aromatic carbocycles. The molecule has 1 aliphatic rings. The van der Waals surface area contributed by atoms with Crippen molar-refractivity contribution in [3.05, 3.63) is 59.2 Å². The largest absolute Gasteiger partial charge is 0.486 e. The molecule has 3 rings (SSSR count). The molecule has 0 spiro atoms. The van der Waals surface area contributed by atoms with E-state index in [-0.39, 0.29) is 36.1 Å². The zero-order valence-electron chi connectivity index (χ0n) is 15.9. The second-order valence-corrected chi connectivity index (χ2v) is 6.87. The fraction of sp³-hybridized carbons (Fsp3) is 0.350. The summed E-state index contributed by atoms with van der Waals surface area (Å²) in [6.45, 7) is 0.259. The minimum absolute atomic E-state index is 0.0461. The van der Waals surface area contributed by atoms with Gasteiger partial charge in [0.25, 0.3) is 12.4 Å². The first-order valence-electron chi connectivity index (χ1n) is 9.00. The van der Waals surface area contributed by atoms with Crippen molar-refractivity contribution >= 4 is 11.8 Å². The summed E-state index contributed by atoms with van der Waals surface area (Å²) in [5, 5.41) is 0. The van der Waals surface area contributed by atoms with Gasteiger partial charge in [-0.2, -0.15) is 0 Å². The Morgan fingerprint density at radius 3 is 2.80 bits per heavy atom. The molecule has 10 heteroatoms. The summed E-state index contributed by atoms with van der Waals surface area (Å²) in [5.41, 5.74) is 4.39. The van der Waals surface area contributed by atoms with Crippen LogP contribution in [-0.2, 0) is 16.7 Å². The van der Waals surface area contributed by atoms with Gasteiger partial charge in [-0.05, 0) is 36.8 Å². The zero-order valence-corrected chi connectivity index (χ0v) is 15.9. The van der Waals surface area contributed by atoms with Gasteiger partial charge in [0, 0.05) is 12.0 Å². The Morgan fingerprint density at radius 2 is 2.13 bits per heavy atom. The summed E-state index contributed by atoms with van der Waals surface area (Å²) < 4.78 is 62.9. The number of hydrogen-bond donors (Lipinski definition) is 1. The normalized spacial score (nSPS) is 21.1. The molecule has 2 heterocycles. The highest BCUT2D eigenvalue weighted by molar-refractivity contribution is 5.95. The Kier molecular flexibility index (Phi) is 6.23. The number of carbonyl (C=O) groups excluding carboxylic acids is 1. The van der Waals surface area contributed by atoms with Gasteiger partial charge in [-0.25, -0.2) is 27.5 Å². The maximum Gasteiger partial charge on any atom is 0.283 e. The number of aliphatic imine (C=N–C) groups is 1. The number of ketones is 1. The average molecular weight is 425 g/mol. The monoisotopic (exact) mass is 425 g/mol. The van der Waals surface area contributed by atoms with Crippen LogP contribution in [0.4, 0.5) is 17.6 Å². The van der Waals surface area contributed by atoms with Crippen molar-refractivity contribution in [3.8, 4) is 5.75 Å². The number of Topliss-reactive ketones (excluding diaryl/α,β-unsaturated/α-hetero) is 1. The van der Waals surface area contributed by atoms with Crippen LogP contribution >= 0.6 is 0 Å². The number of pyridine rings is 1. The third kappa shape index (κ3) is 4.69. The maximum absolute atomic E-state index is 14.5. The number of rotatable bonds is 7. The van der Waals surface area contributed by atoms with Crippen LogP contribution in [-0.4, -0.2) is 42.6 Å². The molecule has 0 saturated heterocycles. The molecule has 2 N–H and O–H groups in total. The van der Waals surface area contributed by atoms with Crippen molar-refractivity contribution in [2.75, 3.05) is 13.2 Å². The second kappa shape index (κ2) is 8.68. The lowest BCUT2D eigenvalue weighted by Gasteiger charge is -2.33. The molecular weight excluding hydrogens is 406 g/mol. The van der Waals surface area contributed by atoms with Gasteiger partial charge in [-0.1, -0.05) is 6.07 Å². The second-order valence-electron chi connectivity index (χ2n) is 6.87. The van der Waals surface area contributed by atoms with Gasteiger partial charge in [0.2, 0.25) is 0 Å². The number of carbonyl (C=O) groups is 1.